The normalized spacial score (nSPS) is 16.9. The molecule has 2 unspecified atom stereocenters. The Kier molecular flexibility index (Phi) is 7.50. The van der Waals surface area contributed by atoms with Crippen LogP contribution in [0.1, 0.15) is 47.7 Å². The fourth-order valence-electron chi connectivity index (χ4n) is 5.24. The quantitative estimate of drug-likeness (QED) is 0.251. The lowest BCUT2D eigenvalue weighted by Gasteiger charge is -2.24. The van der Waals surface area contributed by atoms with Crippen molar-refractivity contribution in [2.45, 2.75) is 53.6 Å². The summed E-state index contributed by atoms with van der Waals surface area (Å²) in [7, 11) is 0. The first-order chi connectivity index (χ1) is 19.0. The molecule has 1 fully saturated rings. The number of carbonyl (C=O) groups excluding carboxylic acids is 3. The maximum absolute atomic E-state index is 13.7. The van der Waals surface area contributed by atoms with Gasteiger partial charge in [0.2, 0.25) is 11.8 Å². The lowest BCUT2D eigenvalue weighted by molar-refractivity contribution is -0.137. The SMILES string of the molecule is CC(=O)c1cn(CC(=O)N2CC(C)CC2C(=O)Nc2nc(Br)ccc2C)c2c(C)nc(-c3cnc(C)nc3)cc12. The molecule has 0 radical (unpaired) electrons. The molecule has 10 nitrogen and oxygen atoms in total. The first kappa shape index (κ1) is 27.6. The van der Waals surface area contributed by atoms with Crippen LogP contribution < -0.4 is 5.32 Å². The van der Waals surface area contributed by atoms with E-state index in [1.54, 1.807) is 28.1 Å². The number of aromatic nitrogens is 5. The van der Waals surface area contributed by atoms with Gasteiger partial charge in [-0.15, -0.1) is 0 Å². The zero-order valence-electron chi connectivity index (χ0n) is 23.0. The second-order valence-electron chi connectivity index (χ2n) is 10.4. The lowest BCUT2D eigenvalue weighted by atomic mass is 10.1. The van der Waals surface area contributed by atoms with Crippen LogP contribution >= 0.6 is 15.9 Å². The standard InChI is InChI=1S/C29H30BrN7O3/c1-15-8-24(29(40)35-28-16(2)6-7-25(30)34-28)37(12-15)26(39)14-36-13-22(18(4)38)21-9-23(33-17(3)27(21)36)20-10-31-19(5)32-11-20/h6-7,9-11,13,15,24H,8,12,14H2,1-5H3,(H,34,35,40). The molecule has 4 aromatic heterocycles. The minimum Gasteiger partial charge on any atom is -0.336 e. The van der Waals surface area contributed by atoms with Gasteiger partial charge in [0.25, 0.3) is 0 Å². The van der Waals surface area contributed by atoms with E-state index in [-0.39, 0.29) is 30.1 Å². The second kappa shape index (κ2) is 10.9. The third-order valence-corrected chi connectivity index (χ3v) is 7.67. The van der Waals surface area contributed by atoms with E-state index in [0.717, 1.165) is 11.1 Å². The highest BCUT2D eigenvalue weighted by Gasteiger charge is 2.38. The minimum atomic E-state index is -0.621. The number of hydrogen-bond donors (Lipinski definition) is 1. The highest BCUT2D eigenvalue weighted by molar-refractivity contribution is 9.10. The van der Waals surface area contributed by atoms with Crippen LogP contribution in [-0.4, -0.2) is 59.6 Å². The number of aryl methyl sites for hydroxylation is 3. The number of amides is 2. The molecule has 1 aliphatic rings. The van der Waals surface area contributed by atoms with Gasteiger partial charge < -0.3 is 14.8 Å². The fourth-order valence-corrected chi connectivity index (χ4v) is 5.55. The molecule has 0 bridgehead atoms. The zero-order valence-corrected chi connectivity index (χ0v) is 24.6. The Morgan fingerprint density at radius 2 is 1.82 bits per heavy atom. The highest BCUT2D eigenvalue weighted by Crippen LogP contribution is 2.30. The van der Waals surface area contributed by atoms with Crippen LogP contribution in [-0.2, 0) is 16.1 Å². The number of ketones is 1. The number of Topliss-reactive ketones (excluding diaryl/α,β-unsaturated/α-hetero) is 1. The van der Waals surface area contributed by atoms with E-state index in [1.807, 2.05) is 45.9 Å². The molecule has 0 aromatic carbocycles. The van der Waals surface area contributed by atoms with E-state index in [0.29, 0.717) is 57.1 Å². The Morgan fingerprint density at radius 3 is 2.52 bits per heavy atom. The number of hydrogen-bond acceptors (Lipinski definition) is 7. The van der Waals surface area contributed by atoms with Gasteiger partial charge in [-0.1, -0.05) is 13.0 Å². The summed E-state index contributed by atoms with van der Waals surface area (Å²) in [6.07, 6.45) is 5.67. The van der Waals surface area contributed by atoms with Crippen molar-refractivity contribution in [3.8, 4) is 11.3 Å². The van der Waals surface area contributed by atoms with Gasteiger partial charge in [-0.05, 0) is 73.7 Å². The van der Waals surface area contributed by atoms with Crippen molar-refractivity contribution < 1.29 is 14.4 Å². The van der Waals surface area contributed by atoms with Gasteiger partial charge in [0.05, 0.1) is 16.9 Å². The predicted molar refractivity (Wildman–Crippen MR) is 155 cm³/mol. The van der Waals surface area contributed by atoms with Crippen LogP contribution in [0.25, 0.3) is 22.2 Å². The zero-order chi connectivity index (χ0) is 28.7. The van der Waals surface area contributed by atoms with E-state index in [2.05, 4.69) is 36.2 Å². The third kappa shape index (κ3) is 5.38. The summed E-state index contributed by atoms with van der Waals surface area (Å²) < 4.78 is 2.38. The van der Waals surface area contributed by atoms with E-state index in [9.17, 15) is 14.4 Å². The third-order valence-electron chi connectivity index (χ3n) is 7.23. The van der Waals surface area contributed by atoms with Crippen LogP contribution in [0, 0.1) is 26.7 Å². The lowest BCUT2D eigenvalue weighted by Crippen LogP contribution is -2.44. The molecule has 206 valence electrons. The number of nitrogens with zero attached hydrogens (tertiary/aromatic N) is 6. The fraction of sp³-hybridized carbons (Fsp3) is 0.345. The monoisotopic (exact) mass is 603 g/mol. The Morgan fingerprint density at radius 1 is 1.10 bits per heavy atom. The molecule has 0 saturated carbocycles. The van der Waals surface area contributed by atoms with Gasteiger partial charge in [0.15, 0.2) is 5.78 Å². The Hall–Kier alpha value is -3.99. The molecule has 11 heteroatoms. The predicted octanol–water partition coefficient (Wildman–Crippen LogP) is 4.65. The van der Waals surface area contributed by atoms with Crippen LogP contribution in [0.2, 0.25) is 0 Å². The largest absolute Gasteiger partial charge is 0.336 e. The van der Waals surface area contributed by atoms with Gasteiger partial charge in [-0.3, -0.25) is 19.4 Å². The van der Waals surface area contributed by atoms with Crippen molar-refractivity contribution in [3.63, 3.8) is 0 Å². The summed E-state index contributed by atoms with van der Waals surface area (Å²) in [5, 5.41) is 3.61. The van der Waals surface area contributed by atoms with Crippen molar-refractivity contribution in [2.75, 3.05) is 11.9 Å². The number of pyridine rings is 2. The van der Waals surface area contributed by atoms with Crippen LogP contribution in [0.5, 0.6) is 0 Å². The van der Waals surface area contributed by atoms with E-state index >= 15 is 0 Å². The summed E-state index contributed by atoms with van der Waals surface area (Å²) in [5.41, 5.74) is 4.10. The summed E-state index contributed by atoms with van der Waals surface area (Å²) in [4.78, 5) is 58.9. The Labute approximate surface area is 240 Å². The maximum atomic E-state index is 13.7. The number of nitrogens with one attached hydrogen (secondary N) is 1. The molecule has 2 atom stereocenters. The average molecular weight is 605 g/mol. The smallest absolute Gasteiger partial charge is 0.248 e. The van der Waals surface area contributed by atoms with Crippen LogP contribution in [0.4, 0.5) is 5.82 Å². The van der Waals surface area contributed by atoms with E-state index in [1.165, 1.54) is 6.92 Å². The molecule has 1 saturated heterocycles. The molecule has 1 N–H and O–H groups in total. The highest BCUT2D eigenvalue weighted by atomic mass is 79.9. The molecule has 5 heterocycles. The molecular formula is C29H30BrN7O3. The molecule has 0 spiro atoms. The minimum absolute atomic E-state index is 0.0239. The van der Waals surface area contributed by atoms with Crippen molar-refractivity contribution in [1.82, 2.24) is 29.4 Å². The van der Waals surface area contributed by atoms with Crippen molar-refractivity contribution in [1.29, 1.82) is 0 Å². The van der Waals surface area contributed by atoms with Gasteiger partial charge >= 0.3 is 0 Å². The number of likely N-dealkylation sites (tertiary alicyclic amines) is 1. The average Bonchev–Trinajstić information content (AvgIpc) is 3.48. The van der Waals surface area contributed by atoms with Crippen molar-refractivity contribution in [2.24, 2.45) is 5.92 Å². The molecule has 2 amide bonds. The first-order valence-electron chi connectivity index (χ1n) is 13.1. The Bertz CT molecular complexity index is 1650. The number of anilines is 1. The summed E-state index contributed by atoms with van der Waals surface area (Å²) >= 11 is 3.34. The van der Waals surface area contributed by atoms with Gasteiger partial charge in [-0.2, -0.15) is 0 Å². The number of halogens is 1. The molecule has 0 aliphatic carbocycles. The second-order valence-corrected chi connectivity index (χ2v) is 11.2. The topological polar surface area (TPSA) is 123 Å². The van der Waals surface area contributed by atoms with Gasteiger partial charge in [-0.25, -0.2) is 15.0 Å². The van der Waals surface area contributed by atoms with Gasteiger partial charge in [0, 0.05) is 41.6 Å². The van der Waals surface area contributed by atoms with Crippen LogP contribution in [0.3, 0.4) is 0 Å². The van der Waals surface area contributed by atoms with Crippen molar-refractivity contribution >= 4 is 50.2 Å². The molecule has 5 rings (SSSR count). The molecular weight excluding hydrogens is 574 g/mol. The van der Waals surface area contributed by atoms with Crippen LogP contribution in [0.15, 0.2) is 41.4 Å². The molecule has 4 aromatic rings. The molecule has 40 heavy (non-hydrogen) atoms. The summed E-state index contributed by atoms with van der Waals surface area (Å²) in [6, 6.07) is 4.90. The number of carbonyl (C=O) groups is 3. The summed E-state index contributed by atoms with van der Waals surface area (Å²) in [5.74, 6) is 0.694. The van der Waals surface area contributed by atoms with E-state index < -0.39 is 6.04 Å². The van der Waals surface area contributed by atoms with E-state index in [4.69, 9.17) is 4.98 Å². The maximum Gasteiger partial charge on any atom is 0.248 e. The first-order valence-corrected chi connectivity index (χ1v) is 13.8. The number of rotatable bonds is 6. The number of fused-ring (bicyclic) bond motifs is 1. The Balaban J connectivity index is 1.45. The van der Waals surface area contributed by atoms with Crippen molar-refractivity contribution in [3.05, 3.63) is 64.0 Å². The molecule has 1 aliphatic heterocycles. The summed E-state index contributed by atoms with van der Waals surface area (Å²) in [6.45, 7) is 9.51. The van der Waals surface area contributed by atoms with Gasteiger partial charge in [0.1, 0.15) is 28.8 Å².